The molecule has 0 saturated carbocycles. The molecule has 0 aromatic heterocycles. The summed E-state index contributed by atoms with van der Waals surface area (Å²) in [5.74, 6) is -0.634. The van der Waals surface area contributed by atoms with E-state index >= 15 is 0 Å². The van der Waals surface area contributed by atoms with Gasteiger partial charge < -0.3 is 16.4 Å². The van der Waals surface area contributed by atoms with Crippen LogP contribution in [-0.4, -0.2) is 24.9 Å². The Hall–Kier alpha value is -1.59. The average Bonchev–Trinajstić information content (AvgIpc) is 2.35. The third-order valence-corrected chi connectivity index (χ3v) is 2.59. The summed E-state index contributed by atoms with van der Waals surface area (Å²) in [6.45, 7) is 1.63. The van der Waals surface area contributed by atoms with Gasteiger partial charge in [0.2, 0.25) is 11.8 Å². The minimum absolute atomic E-state index is 0.0824. The van der Waals surface area contributed by atoms with Gasteiger partial charge in [0.1, 0.15) is 0 Å². The van der Waals surface area contributed by atoms with Crippen LogP contribution in [0.2, 0.25) is 5.02 Å². The van der Waals surface area contributed by atoms with E-state index in [1.807, 2.05) is 19.1 Å². The second-order valence-corrected chi connectivity index (χ2v) is 4.26. The maximum absolute atomic E-state index is 11.5. The van der Waals surface area contributed by atoms with Crippen LogP contribution in [0.1, 0.15) is 18.5 Å². The number of carbonyl (C=O) groups is 2. The van der Waals surface area contributed by atoms with E-state index in [9.17, 15) is 9.59 Å². The molecule has 0 saturated heterocycles. The topological polar surface area (TPSA) is 84.2 Å². The normalized spacial score (nSPS) is 11.7. The fraction of sp³-hybridized carbons (Fsp3) is 0.333. The van der Waals surface area contributed by atoms with Gasteiger partial charge in [-0.1, -0.05) is 23.7 Å². The summed E-state index contributed by atoms with van der Waals surface area (Å²) in [4.78, 5) is 22.4. The standard InChI is InChI=1S/C12H16ClN3O2/c1-8(9-3-2-4-10(13)5-9)16-12(18)7-15-11(17)6-14/h2-5,8H,6-7,14H2,1H3,(H,15,17)(H,16,18). The molecule has 5 nitrogen and oxygen atoms in total. The van der Waals surface area contributed by atoms with Crippen molar-refractivity contribution >= 4 is 23.4 Å². The van der Waals surface area contributed by atoms with Gasteiger partial charge in [0.05, 0.1) is 19.1 Å². The Morgan fingerprint density at radius 3 is 2.72 bits per heavy atom. The zero-order valence-corrected chi connectivity index (χ0v) is 10.8. The van der Waals surface area contributed by atoms with Crippen LogP contribution < -0.4 is 16.4 Å². The van der Waals surface area contributed by atoms with Gasteiger partial charge in [-0.05, 0) is 24.6 Å². The Labute approximate surface area is 111 Å². The first-order valence-electron chi connectivity index (χ1n) is 5.54. The van der Waals surface area contributed by atoms with Crippen LogP contribution in [-0.2, 0) is 9.59 Å². The van der Waals surface area contributed by atoms with Crippen molar-refractivity contribution in [3.05, 3.63) is 34.9 Å². The smallest absolute Gasteiger partial charge is 0.239 e. The van der Waals surface area contributed by atoms with E-state index in [4.69, 9.17) is 17.3 Å². The van der Waals surface area contributed by atoms with Crippen LogP contribution in [0.15, 0.2) is 24.3 Å². The molecule has 0 heterocycles. The lowest BCUT2D eigenvalue weighted by Crippen LogP contribution is -2.40. The number of nitrogens with one attached hydrogen (secondary N) is 2. The maximum Gasteiger partial charge on any atom is 0.239 e. The van der Waals surface area contributed by atoms with Crippen LogP contribution in [0.25, 0.3) is 0 Å². The number of rotatable bonds is 5. The molecule has 1 aromatic rings. The van der Waals surface area contributed by atoms with Gasteiger partial charge >= 0.3 is 0 Å². The second-order valence-electron chi connectivity index (χ2n) is 3.83. The summed E-state index contributed by atoms with van der Waals surface area (Å²) in [5.41, 5.74) is 6.01. The lowest BCUT2D eigenvalue weighted by Gasteiger charge is -2.14. The number of nitrogens with two attached hydrogens (primary N) is 1. The molecule has 1 atom stereocenters. The monoisotopic (exact) mass is 269 g/mol. The number of amides is 2. The molecule has 1 unspecified atom stereocenters. The van der Waals surface area contributed by atoms with Crippen molar-refractivity contribution in [2.45, 2.75) is 13.0 Å². The van der Waals surface area contributed by atoms with Crippen LogP contribution in [0.4, 0.5) is 0 Å². The van der Waals surface area contributed by atoms with E-state index < -0.39 is 0 Å². The van der Waals surface area contributed by atoms with Crippen molar-refractivity contribution < 1.29 is 9.59 Å². The Balaban J connectivity index is 2.47. The maximum atomic E-state index is 11.5. The molecule has 0 spiro atoms. The molecule has 0 aliphatic rings. The number of halogens is 1. The first kappa shape index (κ1) is 14.5. The fourth-order valence-corrected chi connectivity index (χ4v) is 1.60. The highest BCUT2D eigenvalue weighted by Gasteiger charge is 2.10. The molecule has 18 heavy (non-hydrogen) atoms. The largest absolute Gasteiger partial charge is 0.348 e. The fourth-order valence-electron chi connectivity index (χ4n) is 1.40. The minimum atomic E-state index is -0.361. The quantitative estimate of drug-likeness (QED) is 0.732. The summed E-state index contributed by atoms with van der Waals surface area (Å²) < 4.78 is 0. The molecular weight excluding hydrogens is 254 g/mol. The van der Waals surface area contributed by atoms with Crippen molar-refractivity contribution in [3.8, 4) is 0 Å². The number of benzene rings is 1. The molecule has 0 aliphatic carbocycles. The SMILES string of the molecule is CC(NC(=O)CNC(=O)CN)c1cccc(Cl)c1. The molecular formula is C12H16ClN3O2. The van der Waals surface area contributed by atoms with Crippen LogP contribution in [0.5, 0.6) is 0 Å². The zero-order valence-electron chi connectivity index (χ0n) is 10.1. The Bertz CT molecular complexity index is 437. The van der Waals surface area contributed by atoms with Crippen molar-refractivity contribution in [2.75, 3.05) is 13.1 Å². The van der Waals surface area contributed by atoms with Gasteiger partial charge in [-0.2, -0.15) is 0 Å². The van der Waals surface area contributed by atoms with Crippen LogP contribution in [0, 0.1) is 0 Å². The van der Waals surface area contributed by atoms with E-state index in [-0.39, 0.29) is 30.9 Å². The lowest BCUT2D eigenvalue weighted by molar-refractivity contribution is -0.125. The van der Waals surface area contributed by atoms with E-state index in [1.54, 1.807) is 12.1 Å². The van der Waals surface area contributed by atoms with E-state index in [1.165, 1.54) is 0 Å². The van der Waals surface area contributed by atoms with E-state index in [0.29, 0.717) is 5.02 Å². The van der Waals surface area contributed by atoms with Gasteiger partial charge in [0.15, 0.2) is 0 Å². The lowest BCUT2D eigenvalue weighted by atomic mass is 10.1. The van der Waals surface area contributed by atoms with Gasteiger partial charge in [-0.15, -0.1) is 0 Å². The zero-order chi connectivity index (χ0) is 13.5. The summed E-state index contributed by atoms with van der Waals surface area (Å²) >= 11 is 5.86. The third-order valence-electron chi connectivity index (χ3n) is 2.36. The van der Waals surface area contributed by atoms with Gasteiger partial charge in [-0.25, -0.2) is 0 Å². The van der Waals surface area contributed by atoms with Crippen molar-refractivity contribution in [1.29, 1.82) is 0 Å². The number of hydrogen-bond acceptors (Lipinski definition) is 3. The first-order valence-corrected chi connectivity index (χ1v) is 5.92. The molecule has 4 N–H and O–H groups in total. The highest BCUT2D eigenvalue weighted by atomic mass is 35.5. The molecule has 1 aromatic carbocycles. The Morgan fingerprint density at radius 2 is 2.11 bits per heavy atom. The van der Waals surface area contributed by atoms with E-state index in [2.05, 4.69) is 10.6 Å². The first-order chi connectivity index (χ1) is 8.52. The Kier molecular flexibility index (Phi) is 5.61. The van der Waals surface area contributed by atoms with Gasteiger partial charge in [0, 0.05) is 5.02 Å². The molecule has 0 bridgehead atoms. The second kappa shape index (κ2) is 6.98. The average molecular weight is 270 g/mol. The number of hydrogen-bond donors (Lipinski definition) is 3. The minimum Gasteiger partial charge on any atom is -0.348 e. The molecule has 0 fully saturated rings. The van der Waals surface area contributed by atoms with Crippen molar-refractivity contribution in [1.82, 2.24) is 10.6 Å². The Morgan fingerprint density at radius 1 is 1.39 bits per heavy atom. The van der Waals surface area contributed by atoms with E-state index in [0.717, 1.165) is 5.56 Å². The molecule has 0 aliphatic heterocycles. The van der Waals surface area contributed by atoms with Crippen LogP contribution >= 0.6 is 11.6 Å². The van der Waals surface area contributed by atoms with Gasteiger partial charge in [0.25, 0.3) is 0 Å². The highest BCUT2D eigenvalue weighted by molar-refractivity contribution is 6.30. The predicted molar refractivity (Wildman–Crippen MR) is 70.1 cm³/mol. The van der Waals surface area contributed by atoms with Crippen LogP contribution in [0.3, 0.4) is 0 Å². The summed E-state index contributed by atoms with van der Waals surface area (Å²) in [6, 6.07) is 7.06. The third kappa shape index (κ3) is 4.73. The molecule has 6 heteroatoms. The molecule has 98 valence electrons. The summed E-state index contributed by atoms with van der Waals surface area (Å²) in [6.07, 6.45) is 0. The summed E-state index contributed by atoms with van der Waals surface area (Å²) in [7, 11) is 0. The molecule has 1 rings (SSSR count). The molecule has 0 radical (unpaired) electrons. The number of carbonyl (C=O) groups excluding carboxylic acids is 2. The summed E-state index contributed by atoms with van der Waals surface area (Å²) in [5, 5.41) is 5.76. The molecule has 2 amide bonds. The predicted octanol–water partition coefficient (Wildman–Crippen LogP) is 0.592. The van der Waals surface area contributed by atoms with Crippen molar-refractivity contribution in [3.63, 3.8) is 0 Å². The van der Waals surface area contributed by atoms with Gasteiger partial charge in [-0.3, -0.25) is 9.59 Å². The van der Waals surface area contributed by atoms with Crippen molar-refractivity contribution in [2.24, 2.45) is 5.73 Å². The highest BCUT2D eigenvalue weighted by Crippen LogP contribution is 2.16.